The standard InChI is InChI=1S/C24H23N2O/c1-14(2)20-12-21(26(6)13-16(20)4)23-15(3)7-9-19-18-10-8-17(25-5)11-22(18)27-24(19)23/h7-14H,1-4,6H3/q+1. The smallest absolute Gasteiger partial charge is 0.216 e. The second-order valence-electron chi connectivity index (χ2n) is 7.59. The van der Waals surface area contributed by atoms with Crippen molar-refractivity contribution in [2.24, 2.45) is 7.05 Å². The maximum Gasteiger partial charge on any atom is 0.216 e. The van der Waals surface area contributed by atoms with E-state index >= 15 is 0 Å². The van der Waals surface area contributed by atoms with Gasteiger partial charge in [0, 0.05) is 22.4 Å². The summed E-state index contributed by atoms with van der Waals surface area (Å²) in [5.41, 5.74) is 8.36. The van der Waals surface area contributed by atoms with Crippen LogP contribution in [0, 0.1) is 20.4 Å². The molecule has 3 nitrogen and oxygen atoms in total. The summed E-state index contributed by atoms with van der Waals surface area (Å²) in [4.78, 5) is 3.53. The van der Waals surface area contributed by atoms with Gasteiger partial charge in [0.15, 0.2) is 11.9 Å². The highest BCUT2D eigenvalue weighted by molar-refractivity contribution is 6.10. The maximum absolute atomic E-state index is 7.26. The van der Waals surface area contributed by atoms with Crippen LogP contribution in [0.4, 0.5) is 5.69 Å². The number of benzene rings is 2. The molecule has 4 aromatic rings. The topological polar surface area (TPSA) is 21.4 Å². The molecule has 0 aliphatic heterocycles. The third-order valence-electron chi connectivity index (χ3n) is 5.36. The Hall–Kier alpha value is -3.12. The highest BCUT2D eigenvalue weighted by Gasteiger charge is 2.22. The molecule has 0 unspecified atom stereocenters. The van der Waals surface area contributed by atoms with E-state index in [9.17, 15) is 0 Å². The van der Waals surface area contributed by atoms with Crippen LogP contribution in [0.25, 0.3) is 38.0 Å². The summed E-state index contributed by atoms with van der Waals surface area (Å²) in [6.45, 7) is 16.0. The lowest BCUT2D eigenvalue weighted by Gasteiger charge is -2.12. The number of rotatable bonds is 2. The molecule has 0 fully saturated rings. The summed E-state index contributed by atoms with van der Waals surface area (Å²) < 4.78 is 8.47. The Labute approximate surface area is 159 Å². The SMILES string of the molecule is [C-]#[N+]c1ccc2c(c1)oc1c(-c3cc(C(C)C)c(C)c[n+]3C)c(C)ccc12. The quantitative estimate of drug-likeness (QED) is 0.302. The second kappa shape index (κ2) is 6.25. The van der Waals surface area contributed by atoms with Crippen LogP contribution in [0.1, 0.15) is 36.5 Å². The van der Waals surface area contributed by atoms with Crippen molar-refractivity contribution in [2.75, 3.05) is 0 Å². The van der Waals surface area contributed by atoms with Gasteiger partial charge in [0.05, 0.1) is 12.1 Å². The van der Waals surface area contributed by atoms with Crippen LogP contribution in [0.5, 0.6) is 0 Å². The molecule has 0 atom stereocenters. The van der Waals surface area contributed by atoms with E-state index in [4.69, 9.17) is 11.0 Å². The van der Waals surface area contributed by atoms with Crippen LogP contribution in [-0.2, 0) is 7.05 Å². The Balaban J connectivity index is 2.09. The molecular weight excluding hydrogens is 332 g/mol. The average Bonchev–Trinajstić information content (AvgIpc) is 2.99. The summed E-state index contributed by atoms with van der Waals surface area (Å²) >= 11 is 0. The van der Waals surface area contributed by atoms with Crippen molar-refractivity contribution in [2.45, 2.75) is 33.6 Å². The predicted octanol–water partition coefficient (Wildman–Crippen LogP) is 6.37. The number of nitrogens with zero attached hydrogens (tertiary/aromatic N) is 2. The fraction of sp³-hybridized carbons (Fsp3) is 0.250. The Kier molecular flexibility index (Phi) is 4.00. The molecule has 0 aliphatic carbocycles. The Bertz CT molecular complexity index is 1240. The Morgan fingerprint density at radius 3 is 2.44 bits per heavy atom. The fourth-order valence-electron chi connectivity index (χ4n) is 3.98. The van der Waals surface area contributed by atoms with Gasteiger partial charge in [-0.25, -0.2) is 9.41 Å². The number of fused-ring (bicyclic) bond motifs is 3. The number of hydrogen-bond acceptors (Lipinski definition) is 1. The van der Waals surface area contributed by atoms with Crippen LogP contribution >= 0.6 is 0 Å². The first-order chi connectivity index (χ1) is 12.9. The van der Waals surface area contributed by atoms with Crippen molar-refractivity contribution in [3.63, 3.8) is 0 Å². The van der Waals surface area contributed by atoms with E-state index in [0.29, 0.717) is 11.6 Å². The molecule has 27 heavy (non-hydrogen) atoms. The number of pyridine rings is 1. The molecule has 2 aromatic carbocycles. The first-order valence-electron chi connectivity index (χ1n) is 9.24. The van der Waals surface area contributed by atoms with Gasteiger partial charge in [-0.1, -0.05) is 38.1 Å². The molecule has 4 rings (SSSR count). The molecule has 3 heteroatoms. The maximum atomic E-state index is 7.26. The number of furan rings is 1. The zero-order valence-corrected chi connectivity index (χ0v) is 16.4. The van der Waals surface area contributed by atoms with Crippen molar-refractivity contribution in [1.29, 1.82) is 0 Å². The minimum absolute atomic E-state index is 0.460. The molecule has 0 N–H and O–H groups in total. The normalized spacial score (nSPS) is 11.4. The van der Waals surface area contributed by atoms with Crippen molar-refractivity contribution in [1.82, 2.24) is 0 Å². The van der Waals surface area contributed by atoms with Crippen LogP contribution in [0.15, 0.2) is 47.0 Å². The molecule has 0 radical (unpaired) electrons. The van der Waals surface area contributed by atoms with Gasteiger partial charge in [-0.05, 0) is 37.0 Å². The van der Waals surface area contributed by atoms with Gasteiger partial charge in [-0.2, -0.15) is 0 Å². The van der Waals surface area contributed by atoms with E-state index < -0.39 is 0 Å². The van der Waals surface area contributed by atoms with Gasteiger partial charge >= 0.3 is 0 Å². The third kappa shape index (κ3) is 2.69. The van der Waals surface area contributed by atoms with Gasteiger partial charge in [0.2, 0.25) is 5.69 Å². The molecule has 0 saturated carbocycles. The number of aryl methyl sites for hydroxylation is 3. The lowest BCUT2D eigenvalue weighted by Crippen LogP contribution is -2.32. The molecular formula is C24H23N2O+. The van der Waals surface area contributed by atoms with E-state index in [-0.39, 0.29) is 0 Å². The van der Waals surface area contributed by atoms with Crippen LogP contribution in [0.3, 0.4) is 0 Å². The minimum atomic E-state index is 0.460. The molecule has 0 aliphatic rings. The molecule has 0 spiro atoms. The zero-order chi connectivity index (χ0) is 19.3. The van der Waals surface area contributed by atoms with Gasteiger partial charge in [-0.3, -0.25) is 0 Å². The summed E-state index contributed by atoms with van der Waals surface area (Å²) in [6, 6.07) is 12.2. The lowest BCUT2D eigenvalue weighted by atomic mass is 9.94. The number of hydrogen-bond donors (Lipinski definition) is 0. The first-order valence-corrected chi connectivity index (χ1v) is 9.24. The van der Waals surface area contributed by atoms with E-state index in [2.05, 4.69) is 68.6 Å². The largest absolute Gasteiger partial charge is 0.456 e. The van der Waals surface area contributed by atoms with Crippen molar-refractivity contribution >= 4 is 27.6 Å². The summed E-state index contributed by atoms with van der Waals surface area (Å²) in [5, 5.41) is 2.14. The molecule has 0 bridgehead atoms. The van der Waals surface area contributed by atoms with E-state index in [1.807, 2.05) is 18.2 Å². The molecule has 2 heterocycles. The van der Waals surface area contributed by atoms with E-state index in [0.717, 1.165) is 33.2 Å². The minimum Gasteiger partial charge on any atom is -0.456 e. The first kappa shape index (κ1) is 17.3. The lowest BCUT2D eigenvalue weighted by molar-refractivity contribution is -0.660. The monoisotopic (exact) mass is 355 g/mol. The second-order valence-corrected chi connectivity index (χ2v) is 7.59. The predicted molar refractivity (Wildman–Crippen MR) is 110 cm³/mol. The Morgan fingerprint density at radius 1 is 1.00 bits per heavy atom. The summed E-state index contributed by atoms with van der Waals surface area (Å²) in [5.74, 6) is 0.460. The molecule has 2 aromatic heterocycles. The van der Waals surface area contributed by atoms with Crippen molar-refractivity contribution in [3.05, 3.63) is 70.7 Å². The Morgan fingerprint density at radius 2 is 1.74 bits per heavy atom. The summed E-state index contributed by atoms with van der Waals surface area (Å²) in [6.07, 6.45) is 2.20. The van der Waals surface area contributed by atoms with Crippen LogP contribution < -0.4 is 4.57 Å². The van der Waals surface area contributed by atoms with Crippen molar-refractivity contribution < 1.29 is 8.98 Å². The molecule has 134 valence electrons. The highest BCUT2D eigenvalue weighted by atomic mass is 16.3. The van der Waals surface area contributed by atoms with Gasteiger partial charge in [0.1, 0.15) is 18.2 Å². The fourth-order valence-corrected chi connectivity index (χ4v) is 3.98. The average molecular weight is 355 g/mol. The number of aromatic nitrogens is 1. The van der Waals surface area contributed by atoms with Gasteiger partial charge in [0.25, 0.3) is 0 Å². The van der Waals surface area contributed by atoms with Crippen molar-refractivity contribution in [3.8, 4) is 11.3 Å². The van der Waals surface area contributed by atoms with Gasteiger partial charge < -0.3 is 4.42 Å². The molecule has 0 saturated heterocycles. The van der Waals surface area contributed by atoms with Crippen LogP contribution in [0.2, 0.25) is 0 Å². The zero-order valence-electron chi connectivity index (χ0n) is 16.4. The highest BCUT2D eigenvalue weighted by Crippen LogP contribution is 2.38. The van der Waals surface area contributed by atoms with E-state index in [1.54, 1.807) is 0 Å². The molecule has 0 amide bonds. The van der Waals surface area contributed by atoms with Crippen LogP contribution in [-0.4, -0.2) is 0 Å². The third-order valence-corrected chi connectivity index (χ3v) is 5.36. The summed E-state index contributed by atoms with van der Waals surface area (Å²) in [7, 11) is 2.09. The van der Waals surface area contributed by atoms with Gasteiger partial charge in [-0.15, -0.1) is 0 Å². The van der Waals surface area contributed by atoms with E-state index in [1.165, 1.54) is 16.7 Å².